The average molecular weight is 611 g/mol. The number of amides is 1. The van der Waals surface area contributed by atoms with E-state index in [4.69, 9.17) is 13.9 Å². The number of para-hydroxylation sites is 1. The van der Waals surface area contributed by atoms with Crippen LogP contribution in [0.3, 0.4) is 0 Å². The number of benzene rings is 1. The predicted molar refractivity (Wildman–Crippen MR) is 160 cm³/mol. The van der Waals surface area contributed by atoms with Gasteiger partial charge in [0.15, 0.2) is 0 Å². The van der Waals surface area contributed by atoms with Gasteiger partial charge in [-0.25, -0.2) is 19.1 Å². The Balaban J connectivity index is 1.70. The number of oxazole rings is 1. The third-order valence-electron chi connectivity index (χ3n) is 8.00. The topological polar surface area (TPSA) is 146 Å². The second kappa shape index (κ2) is 11.8. The number of carboxylic acid groups (broad SMARTS) is 1. The highest BCUT2D eigenvalue weighted by molar-refractivity contribution is 7.22. The van der Waals surface area contributed by atoms with E-state index in [1.165, 1.54) is 42.2 Å². The van der Waals surface area contributed by atoms with Crippen LogP contribution in [-0.2, 0) is 26.4 Å². The van der Waals surface area contributed by atoms with Gasteiger partial charge in [-0.3, -0.25) is 14.2 Å². The number of carbonyl (C=O) groups excluding carboxylic acids is 1. The van der Waals surface area contributed by atoms with Crippen LogP contribution in [0.15, 0.2) is 50.7 Å². The van der Waals surface area contributed by atoms with Crippen LogP contribution in [0, 0.1) is 6.92 Å². The van der Waals surface area contributed by atoms with Crippen molar-refractivity contribution in [2.24, 2.45) is 0 Å². The summed E-state index contributed by atoms with van der Waals surface area (Å²) in [6.45, 7) is 6.96. The maximum absolute atomic E-state index is 14.2. The zero-order chi connectivity index (χ0) is 31.1. The zero-order valence-corrected chi connectivity index (χ0v) is 25.5. The van der Waals surface area contributed by atoms with Crippen LogP contribution in [0.25, 0.3) is 21.0 Å². The summed E-state index contributed by atoms with van der Waals surface area (Å²) in [7, 11) is 1.55. The molecule has 1 aliphatic heterocycles. The number of aromatic nitrogens is 3. The highest BCUT2D eigenvalue weighted by Gasteiger charge is 2.36. The molecule has 0 spiro atoms. The Kier molecular flexibility index (Phi) is 8.30. The molecule has 1 atom stereocenters. The normalized spacial score (nSPS) is 15.1. The number of ether oxygens (including phenoxy) is 2. The van der Waals surface area contributed by atoms with E-state index in [9.17, 15) is 24.3 Å². The number of thiophene rings is 1. The molecule has 4 heterocycles. The van der Waals surface area contributed by atoms with Crippen LogP contribution in [-0.4, -0.2) is 62.3 Å². The van der Waals surface area contributed by atoms with Crippen LogP contribution < -0.4 is 16.0 Å². The third-order valence-corrected chi connectivity index (χ3v) is 9.30. The monoisotopic (exact) mass is 610 g/mol. The molecule has 43 heavy (non-hydrogen) atoms. The Morgan fingerprint density at radius 2 is 1.91 bits per heavy atom. The summed E-state index contributed by atoms with van der Waals surface area (Å²) in [5.41, 5.74) is -2.11. The summed E-state index contributed by atoms with van der Waals surface area (Å²) in [4.78, 5) is 59.2. The first-order valence-corrected chi connectivity index (χ1v) is 14.7. The first kappa shape index (κ1) is 30.2. The molecule has 13 heteroatoms. The lowest BCUT2D eigenvalue weighted by Gasteiger charge is -2.34. The summed E-state index contributed by atoms with van der Waals surface area (Å²) < 4.78 is 20.0. The van der Waals surface area contributed by atoms with Crippen molar-refractivity contribution in [3.05, 3.63) is 68.7 Å². The highest BCUT2D eigenvalue weighted by atomic mass is 32.1. The zero-order valence-electron chi connectivity index (χ0n) is 24.7. The van der Waals surface area contributed by atoms with E-state index < -0.39 is 28.9 Å². The van der Waals surface area contributed by atoms with E-state index in [1.807, 2.05) is 18.2 Å². The van der Waals surface area contributed by atoms with Crippen LogP contribution in [0.4, 0.5) is 0 Å². The van der Waals surface area contributed by atoms with E-state index in [2.05, 4.69) is 4.98 Å². The van der Waals surface area contributed by atoms with Gasteiger partial charge in [0.1, 0.15) is 28.5 Å². The van der Waals surface area contributed by atoms with E-state index >= 15 is 0 Å². The molecule has 1 N–H and O–H groups in total. The summed E-state index contributed by atoms with van der Waals surface area (Å²) in [6.07, 6.45) is 3.19. The number of hydrogen-bond acceptors (Lipinski definition) is 9. The lowest BCUT2D eigenvalue weighted by molar-refractivity contribution is -0.146. The van der Waals surface area contributed by atoms with Crippen molar-refractivity contribution in [2.75, 3.05) is 20.2 Å². The quantitative estimate of drug-likeness (QED) is 0.299. The van der Waals surface area contributed by atoms with Crippen LogP contribution >= 0.6 is 11.3 Å². The van der Waals surface area contributed by atoms with Gasteiger partial charge in [0, 0.05) is 25.6 Å². The molecular weight excluding hydrogens is 576 g/mol. The van der Waals surface area contributed by atoms with Crippen molar-refractivity contribution in [2.45, 2.75) is 64.8 Å². The number of fused-ring (bicyclic) bond motifs is 1. The van der Waals surface area contributed by atoms with Gasteiger partial charge in [-0.05, 0) is 45.2 Å². The molecule has 1 aromatic carbocycles. The predicted octanol–water partition coefficient (Wildman–Crippen LogP) is 3.79. The number of hydrogen-bond donors (Lipinski definition) is 1. The average Bonchev–Trinajstić information content (AvgIpc) is 3.63. The molecule has 1 fully saturated rings. The molecule has 0 radical (unpaired) electrons. The molecule has 3 aromatic heterocycles. The fraction of sp³-hybridized carbons (Fsp3) is 0.433. The van der Waals surface area contributed by atoms with Gasteiger partial charge >= 0.3 is 11.7 Å². The molecule has 1 saturated heterocycles. The van der Waals surface area contributed by atoms with Gasteiger partial charge in [-0.1, -0.05) is 18.2 Å². The second-order valence-corrected chi connectivity index (χ2v) is 12.0. The van der Waals surface area contributed by atoms with Gasteiger partial charge in [-0.15, -0.1) is 11.3 Å². The standard InChI is InChI=1S/C30H34N4O8S/c1-17-23-26(36)34(30(3,4)28(37)38)29(39)33(27(23)43-24(17)25-31-12-15-41-25)16-22(20-8-6-7-9-21(20)40-5)42-19-10-13-32(14-11-19)18(2)35/h6-9,12,15,19,22H,10-11,13-14,16H2,1-5H3,(H,37,38). The molecule has 1 unspecified atom stereocenters. The largest absolute Gasteiger partial charge is 0.496 e. The summed E-state index contributed by atoms with van der Waals surface area (Å²) >= 11 is 1.18. The molecule has 0 aliphatic carbocycles. The Morgan fingerprint density at radius 3 is 2.51 bits per heavy atom. The number of piperidine rings is 1. The van der Waals surface area contributed by atoms with Gasteiger partial charge in [0.2, 0.25) is 11.8 Å². The molecule has 228 valence electrons. The molecule has 4 aromatic rings. The minimum absolute atomic E-state index is 0.00638. The molecule has 0 bridgehead atoms. The molecule has 1 aliphatic rings. The van der Waals surface area contributed by atoms with Crippen molar-refractivity contribution >= 4 is 33.4 Å². The maximum Gasteiger partial charge on any atom is 0.333 e. The smallest absolute Gasteiger partial charge is 0.333 e. The van der Waals surface area contributed by atoms with Crippen LogP contribution in [0.5, 0.6) is 5.75 Å². The van der Waals surface area contributed by atoms with E-state index in [0.29, 0.717) is 52.5 Å². The molecular formula is C30H34N4O8S. The number of carboxylic acids is 1. The Bertz CT molecular complexity index is 1780. The van der Waals surface area contributed by atoms with Crippen molar-refractivity contribution in [3.63, 3.8) is 0 Å². The summed E-state index contributed by atoms with van der Waals surface area (Å²) in [6, 6.07) is 7.32. The number of aliphatic carboxylic acids is 1. The van der Waals surface area contributed by atoms with Crippen LogP contribution in [0.1, 0.15) is 50.8 Å². The van der Waals surface area contributed by atoms with Gasteiger partial charge in [0.25, 0.3) is 5.56 Å². The Morgan fingerprint density at radius 1 is 1.21 bits per heavy atom. The van der Waals surface area contributed by atoms with E-state index in [0.717, 1.165) is 4.57 Å². The number of aryl methyl sites for hydroxylation is 1. The molecule has 12 nitrogen and oxygen atoms in total. The van der Waals surface area contributed by atoms with E-state index in [1.54, 1.807) is 31.9 Å². The van der Waals surface area contributed by atoms with Gasteiger partial charge < -0.3 is 23.9 Å². The Labute approximate surface area is 251 Å². The summed E-state index contributed by atoms with van der Waals surface area (Å²) in [5.74, 6) is -0.476. The van der Waals surface area contributed by atoms with E-state index in [-0.39, 0.29) is 29.8 Å². The lowest BCUT2D eigenvalue weighted by Crippen LogP contribution is -2.52. The number of rotatable bonds is 9. The minimum atomic E-state index is -1.85. The van der Waals surface area contributed by atoms with Crippen molar-refractivity contribution < 1.29 is 28.6 Å². The second-order valence-electron chi connectivity index (χ2n) is 11.0. The summed E-state index contributed by atoms with van der Waals surface area (Å²) in [5, 5.41) is 10.2. The lowest BCUT2D eigenvalue weighted by atomic mass is 10.0. The first-order chi connectivity index (χ1) is 20.4. The van der Waals surface area contributed by atoms with Crippen molar-refractivity contribution in [3.8, 4) is 16.5 Å². The van der Waals surface area contributed by atoms with Crippen molar-refractivity contribution in [1.82, 2.24) is 19.0 Å². The van der Waals surface area contributed by atoms with Gasteiger partial charge in [0.05, 0.1) is 36.2 Å². The first-order valence-electron chi connectivity index (χ1n) is 13.9. The van der Waals surface area contributed by atoms with Crippen LogP contribution in [0.2, 0.25) is 0 Å². The minimum Gasteiger partial charge on any atom is -0.496 e. The SMILES string of the molecule is COc1ccccc1C(Cn1c(=O)n(C(C)(C)C(=O)O)c(=O)c2c(C)c(-c3ncco3)sc21)OC1CCN(C(C)=O)CC1. The molecule has 1 amide bonds. The molecule has 5 rings (SSSR count). The highest BCUT2D eigenvalue weighted by Crippen LogP contribution is 2.38. The third kappa shape index (κ3) is 5.50. The van der Waals surface area contributed by atoms with Crippen molar-refractivity contribution in [1.29, 1.82) is 0 Å². The fourth-order valence-electron chi connectivity index (χ4n) is 5.49. The molecule has 0 saturated carbocycles. The maximum atomic E-state index is 14.2. The number of nitrogens with zero attached hydrogens (tertiary/aromatic N) is 4. The number of carbonyl (C=O) groups is 2. The fourth-order valence-corrected chi connectivity index (χ4v) is 6.73. The van der Waals surface area contributed by atoms with Gasteiger partial charge in [-0.2, -0.15) is 0 Å². The number of likely N-dealkylation sites (tertiary alicyclic amines) is 1. The Hall–Kier alpha value is -4.23. The number of methoxy groups -OCH3 is 1.